The molecule has 15 heavy (non-hydrogen) atoms. The minimum atomic E-state index is 0.636. The number of nitrogens with zero attached hydrogens (tertiary/aromatic N) is 2. The van der Waals surface area contributed by atoms with Crippen LogP contribution in [0.4, 0.5) is 0 Å². The van der Waals surface area contributed by atoms with Gasteiger partial charge >= 0.3 is 0 Å². The van der Waals surface area contributed by atoms with Crippen LogP contribution in [0.15, 0.2) is 18.2 Å². The molecule has 1 aliphatic rings. The second-order valence-electron chi connectivity index (χ2n) is 4.40. The first-order valence-electron chi connectivity index (χ1n) is 5.58. The Morgan fingerprint density at radius 1 is 1.53 bits per heavy atom. The lowest BCUT2D eigenvalue weighted by Gasteiger charge is -2.12. The van der Waals surface area contributed by atoms with Crippen LogP contribution in [0.3, 0.4) is 0 Å². The summed E-state index contributed by atoms with van der Waals surface area (Å²) in [5.41, 5.74) is 2.24. The van der Waals surface area contributed by atoms with Gasteiger partial charge in [0.25, 0.3) is 0 Å². The number of hydrogen-bond acceptors (Lipinski definition) is 3. The highest BCUT2D eigenvalue weighted by Gasteiger charge is 2.18. The van der Waals surface area contributed by atoms with E-state index in [9.17, 15) is 0 Å². The van der Waals surface area contributed by atoms with Gasteiger partial charge in [-0.05, 0) is 39.1 Å². The van der Waals surface area contributed by atoms with Crippen molar-refractivity contribution in [1.82, 2.24) is 15.2 Å². The summed E-state index contributed by atoms with van der Waals surface area (Å²) >= 11 is 0. The van der Waals surface area contributed by atoms with Gasteiger partial charge in [0.15, 0.2) is 0 Å². The van der Waals surface area contributed by atoms with Crippen molar-refractivity contribution >= 4 is 0 Å². The molecular formula is C12H19N3. The molecule has 1 N–H and O–H groups in total. The molecule has 2 rings (SSSR count). The maximum atomic E-state index is 4.48. The molecular weight excluding hydrogens is 186 g/mol. The van der Waals surface area contributed by atoms with Crippen molar-refractivity contribution in [2.45, 2.75) is 25.9 Å². The first kappa shape index (κ1) is 10.6. The normalized spacial score (nSPS) is 22.1. The summed E-state index contributed by atoms with van der Waals surface area (Å²) in [6.07, 6.45) is 1.25. The van der Waals surface area contributed by atoms with Crippen molar-refractivity contribution in [3.63, 3.8) is 0 Å². The molecule has 0 aliphatic carbocycles. The van der Waals surface area contributed by atoms with Crippen molar-refractivity contribution in [2.24, 2.45) is 0 Å². The molecule has 0 spiro atoms. The van der Waals surface area contributed by atoms with E-state index < -0.39 is 0 Å². The van der Waals surface area contributed by atoms with Gasteiger partial charge in [-0.1, -0.05) is 6.07 Å². The van der Waals surface area contributed by atoms with Gasteiger partial charge in [0.1, 0.15) is 0 Å². The van der Waals surface area contributed by atoms with Crippen LogP contribution in [0.5, 0.6) is 0 Å². The molecule has 0 saturated carbocycles. The summed E-state index contributed by atoms with van der Waals surface area (Å²) in [5.74, 6) is 0. The van der Waals surface area contributed by atoms with Crippen molar-refractivity contribution in [2.75, 3.05) is 20.1 Å². The molecule has 1 aliphatic heterocycles. The summed E-state index contributed by atoms with van der Waals surface area (Å²) in [6.45, 7) is 5.29. The predicted octanol–water partition coefficient (Wildman–Crippen LogP) is 1.18. The fraction of sp³-hybridized carbons (Fsp3) is 0.583. The summed E-state index contributed by atoms with van der Waals surface area (Å²) < 4.78 is 0. The van der Waals surface area contributed by atoms with E-state index in [2.05, 4.69) is 34.4 Å². The van der Waals surface area contributed by atoms with Gasteiger partial charge in [0.05, 0.1) is 5.69 Å². The average Bonchev–Trinajstić information content (AvgIpc) is 2.62. The zero-order valence-electron chi connectivity index (χ0n) is 9.53. The molecule has 3 nitrogen and oxygen atoms in total. The molecule has 1 saturated heterocycles. The Labute approximate surface area is 91.5 Å². The van der Waals surface area contributed by atoms with E-state index >= 15 is 0 Å². The van der Waals surface area contributed by atoms with Crippen LogP contribution in [-0.2, 0) is 6.54 Å². The first-order chi connectivity index (χ1) is 7.24. The van der Waals surface area contributed by atoms with Crippen LogP contribution >= 0.6 is 0 Å². The van der Waals surface area contributed by atoms with Crippen molar-refractivity contribution in [3.8, 4) is 0 Å². The Balaban J connectivity index is 1.83. The number of rotatable bonds is 3. The molecule has 0 aromatic carbocycles. The van der Waals surface area contributed by atoms with Gasteiger partial charge in [0, 0.05) is 24.8 Å². The number of aromatic nitrogens is 1. The minimum Gasteiger partial charge on any atom is -0.307 e. The lowest BCUT2D eigenvalue weighted by atomic mass is 10.2. The number of likely N-dealkylation sites (tertiary alicyclic amines) is 1. The van der Waals surface area contributed by atoms with Gasteiger partial charge < -0.3 is 10.2 Å². The Morgan fingerprint density at radius 3 is 3.07 bits per heavy atom. The third kappa shape index (κ3) is 3.01. The molecule has 1 aromatic heterocycles. The van der Waals surface area contributed by atoms with Crippen LogP contribution < -0.4 is 5.32 Å². The standard InChI is InChI=1S/C12H19N3/c1-10-4-3-5-11(14-10)8-13-12-6-7-15(2)9-12/h3-5,12-13H,6-9H2,1-2H3. The summed E-state index contributed by atoms with van der Waals surface area (Å²) in [4.78, 5) is 6.84. The van der Waals surface area contributed by atoms with Crippen LogP contribution in [-0.4, -0.2) is 36.1 Å². The molecule has 3 heteroatoms. The summed E-state index contributed by atoms with van der Waals surface area (Å²) in [5, 5.41) is 3.55. The van der Waals surface area contributed by atoms with Crippen molar-refractivity contribution in [3.05, 3.63) is 29.6 Å². The molecule has 1 unspecified atom stereocenters. The number of pyridine rings is 1. The topological polar surface area (TPSA) is 28.2 Å². The SMILES string of the molecule is Cc1cccc(CNC2CCN(C)C2)n1. The van der Waals surface area contributed by atoms with E-state index in [1.807, 2.05) is 13.0 Å². The molecule has 1 aromatic rings. The van der Waals surface area contributed by atoms with E-state index in [-0.39, 0.29) is 0 Å². The second-order valence-corrected chi connectivity index (χ2v) is 4.40. The van der Waals surface area contributed by atoms with E-state index in [4.69, 9.17) is 0 Å². The maximum Gasteiger partial charge on any atom is 0.0544 e. The molecule has 0 bridgehead atoms. The van der Waals surface area contributed by atoms with Crippen molar-refractivity contribution < 1.29 is 0 Å². The number of likely N-dealkylation sites (N-methyl/N-ethyl adjacent to an activating group) is 1. The molecule has 2 heterocycles. The van der Waals surface area contributed by atoms with Crippen molar-refractivity contribution in [1.29, 1.82) is 0 Å². The molecule has 0 amide bonds. The lowest BCUT2D eigenvalue weighted by Crippen LogP contribution is -2.31. The largest absolute Gasteiger partial charge is 0.307 e. The third-order valence-electron chi connectivity index (χ3n) is 2.91. The van der Waals surface area contributed by atoms with Crippen LogP contribution in [0, 0.1) is 6.92 Å². The van der Waals surface area contributed by atoms with Gasteiger partial charge in [-0.25, -0.2) is 0 Å². The molecule has 0 radical (unpaired) electrons. The van der Waals surface area contributed by atoms with Gasteiger partial charge in [0.2, 0.25) is 0 Å². The number of aryl methyl sites for hydroxylation is 1. The third-order valence-corrected chi connectivity index (χ3v) is 2.91. The van der Waals surface area contributed by atoms with Gasteiger partial charge in [-0.15, -0.1) is 0 Å². The van der Waals surface area contributed by atoms with E-state index in [1.165, 1.54) is 13.0 Å². The average molecular weight is 205 g/mol. The Bertz CT molecular complexity index is 324. The van der Waals surface area contributed by atoms with Crippen LogP contribution in [0.2, 0.25) is 0 Å². The molecule has 1 atom stereocenters. The lowest BCUT2D eigenvalue weighted by molar-refractivity contribution is 0.397. The van der Waals surface area contributed by atoms with E-state index in [0.717, 1.165) is 24.5 Å². The Kier molecular flexibility index (Phi) is 3.34. The van der Waals surface area contributed by atoms with Gasteiger partial charge in [-0.3, -0.25) is 4.98 Å². The fourth-order valence-corrected chi connectivity index (χ4v) is 2.05. The number of hydrogen-bond donors (Lipinski definition) is 1. The zero-order chi connectivity index (χ0) is 10.7. The highest BCUT2D eigenvalue weighted by molar-refractivity contribution is 5.09. The fourth-order valence-electron chi connectivity index (χ4n) is 2.05. The van der Waals surface area contributed by atoms with E-state index in [0.29, 0.717) is 6.04 Å². The highest BCUT2D eigenvalue weighted by Crippen LogP contribution is 2.07. The summed E-state index contributed by atoms with van der Waals surface area (Å²) in [7, 11) is 2.17. The summed E-state index contributed by atoms with van der Waals surface area (Å²) in [6, 6.07) is 6.82. The number of nitrogens with one attached hydrogen (secondary N) is 1. The van der Waals surface area contributed by atoms with E-state index in [1.54, 1.807) is 0 Å². The zero-order valence-corrected chi connectivity index (χ0v) is 9.53. The monoisotopic (exact) mass is 205 g/mol. The Hall–Kier alpha value is -0.930. The van der Waals surface area contributed by atoms with Crippen LogP contribution in [0.1, 0.15) is 17.8 Å². The highest BCUT2D eigenvalue weighted by atomic mass is 15.2. The smallest absolute Gasteiger partial charge is 0.0544 e. The maximum absolute atomic E-state index is 4.48. The molecule has 82 valence electrons. The Morgan fingerprint density at radius 2 is 2.40 bits per heavy atom. The second kappa shape index (κ2) is 4.73. The van der Waals surface area contributed by atoms with Crippen LogP contribution in [0.25, 0.3) is 0 Å². The first-order valence-corrected chi connectivity index (χ1v) is 5.58. The molecule has 1 fully saturated rings. The van der Waals surface area contributed by atoms with Gasteiger partial charge in [-0.2, -0.15) is 0 Å². The quantitative estimate of drug-likeness (QED) is 0.803. The predicted molar refractivity (Wildman–Crippen MR) is 61.7 cm³/mol. The minimum absolute atomic E-state index is 0.636.